The van der Waals surface area contributed by atoms with Crippen molar-refractivity contribution in [3.63, 3.8) is 0 Å². The molecule has 0 rings (SSSR count). The highest BCUT2D eigenvalue weighted by molar-refractivity contribution is 5.71. The second kappa shape index (κ2) is 7.02. The molecule has 5 nitrogen and oxygen atoms in total. The minimum Gasteiger partial charge on any atom is -0.479 e. The largest absolute Gasteiger partial charge is 0.479 e. The maximum absolute atomic E-state index is 10.2. The molecule has 0 spiro atoms. The average Bonchev–Trinajstić information content (AvgIpc) is 2.03. The number of ether oxygens (including phenoxy) is 2. The standard InChI is InChI=1S/C7H14O5/c1-6(7(9)10)12-5-4-11-3-2-8/h6,8H,2-5H2,1H3,(H,9,10)/t6-/m0/s1. The summed E-state index contributed by atoms with van der Waals surface area (Å²) >= 11 is 0. The lowest BCUT2D eigenvalue weighted by molar-refractivity contribution is -0.150. The maximum atomic E-state index is 10.2. The molecule has 0 aliphatic carbocycles. The second-order valence-electron chi connectivity index (χ2n) is 2.19. The Kier molecular flexibility index (Phi) is 6.64. The first-order valence-corrected chi connectivity index (χ1v) is 3.71. The Bertz CT molecular complexity index is 125. The van der Waals surface area contributed by atoms with Gasteiger partial charge < -0.3 is 19.7 Å². The highest BCUT2D eigenvalue weighted by atomic mass is 16.5. The van der Waals surface area contributed by atoms with Gasteiger partial charge in [-0.3, -0.25) is 0 Å². The zero-order valence-corrected chi connectivity index (χ0v) is 7.02. The maximum Gasteiger partial charge on any atom is 0.332 e. The highest BCUT2D eigenvalue weighted by Crippen LogP contribution is 1.89. The molecule has 72 valence electrons. The van der Waals surface area contributed by atoms with Gasteiger partial charge in [-0.25, -0.2) is 4.79 Å². The molecule has 0 radical (unpaired) electrons. The molecule has 0 aromatic rings. The molecule has 5 heteroatoms. The fourth-order valence-electron chi connectivity index (χ4n) is 0.522. The summed E-state index contributed by atoms with van der Waals surface area (Å²) in [6, 6.07) is 0. The lowest BCUT2D eigenvalue weighted by atomic mass is 10.4. The van der Waals surface area contributed by atoms with Crippen LogP contribution in [0, 0.1) is 0 Å². The van der Waals surface area contributed by atoms with E-state index >= 15 is 0 Å². The van der Waals surface area contributed by atoms with Crippen molar-refractivity contribution in [3.05, 3.63) is 0 Å². The van der Waals surface area contributed by atoms with Gasteiger partial charge in [0, 0.05) is 0 Å². The molecule has 12 heavy (non-hydrogen) atoms. The summed E-state index contributed by atoms with van der Waals surface area (Å²) in [6.07, 6.45) is -0.803. The predicted molar refractivity (Wildman–Crippen MR) is 41.0 cm³/mol. The van der Waals surface area contributed by atoms with Crippen LogP contribution in [0.15, 0.2) is 0 Å². The Morgan fingerprint density at radius 1 is 1.42 bits per heavy atom. The fourth-order valence-corrected chi connectivity index (χ4v) is 0.522. The van der Waals surface area contributed by atoms with E-state index in [2.05, 4.69) is 0 Å². The van der Waals surface area contributed by atoms with E-state index in [4.69, 9.17) is 19.7 Å². The number of aliphatic carboxylic acids is 1. The van der Waals surface area contributed by atoms with Gasteiger partial charge in [0.05, 0.1) is 26.4 Å². The summed E-state index contributed by atoms with van der Waals surface area (Å²) in [4.78, 5) is 10.2. The van der Waals surface area contributed by atoms with Crippen molar-refractivity contribution in [3.8, 4) is 0 Å². The minimum absolute atomic E-state index is 0.0332. The highest BCUT2D eigenvalue weighted by Gasteiger charge is 2.09. The third kappa shape index (κ3) is 6.09. The van der Waals surface area contributed by atoms with Gasteiger partial charge in [0.25, 0.3) is 0 Å². The van der Waals surface area contributed by atoms with Gasteiger partial charge in [-0.1, -0.05) is 0 Å². The zero-order chi connectivity index (χ0) is 9.40. The first kappa shape index (κ1) is 11.4. The first-order valence-electron chi connectivity index (χ1n) is 3.71. The number of carbonyl (C=O) groups is 1. The molecular formula is C7H14O5. The normalized spacial score (nSPS) is 12.8. The fraction of sp³-hybridized carbons (Fsp3) is 0.857. The van der Waals surface area contributed by atoms with Gasteiger partial charge in [-0.05, 0) is 6.92 Å². The van der Waals surface area contributed by atoms with Crippen molar-refractivity contribution < 1.29 is 24.5 Å². The van der Waals surface area contributed by atoms with Gasteiger partial charge in [0.2, 0.25) is 0 Å². The van der Waals surface area contributed by atoms with Crippen molar-refractivity contribution >= 4 is 5.97 Å². The second-order valence-corrected chi connectivity index (χ2v) is 2.19. The van der Waals surface area contributed by atoms with Crippen LogP contribution in [0.1, 0.15) is 6.92 Å². The van der Waals surface area contributed by atoms with E-state index in [1.807, 2.05) is 0 Å². The van der Waals surface area contributed by atoms with E-state index in [0.717, 1.165) is 0 Å². The van der Waals surface area contributed by atoms with Crippen molar-refractivity contribution in [2.24, 2.45) is 0 Å². The van der Waals surface area contributed by atoms with Gasteiger partial charge in [-0.2, -0.15) is 0 Å². The number of carboxylic acid groups (broad SMARTS) is 1. The predicted octanol–water partition coefficient (Wildman–Crippen LogP) is -0.515. The van der Waals surface area contributed by atoms with Crippen LogP contribution in [0.2, 0.25) is 0 Å². The molecule has 0 saturated carbocycles. The average molecular weight is 178 g/mol. The molecule has 0 aromatic carbocycles. The minimum atomic E-state index is -0.989. The van der Waals surface area contributed by atoms with E-state index in [0.29, 0.717) is 6.61 Å². The quantitative estimate of drug-likeness (QED) is 0.513. The summed E-state index contributed by atoms with van der Waals surface area (Å²) in [5.74, 6) is -0.989. The molecular weight excluding hydrogens is 164 g/mol. The van der Waals surface area contributed by atoms with Crippen LogP contribution < -0.4 is 0 Å². The van der Waals surface area contributed by atoms with E-state index in [-0.39, 0.29) is 19.8 Å². The van der Waals surface area contributed by atoms with Crippen molar-refractivity contribution in [1.82, 2.24) is 0 Å². The molecule has 0 saturated heterocycles. The van der Waals surface area contributed by atoms with Gasteiger partial charge in [0.15, 0.2) is 6.10 Å². The lowest BCUT2D eigenvalue weighted by Crippen LogP contribution is -2.22. The Labute approximate surface area is 70.9 Å². The number of aliphatic hydroxyl groups is 1. The molecule has 0 aliphatic heterocycles. The summed E-state index contributed by atoms with van der Waals surface area (Å²) in [6.45, 7) is 2.21. The van der Waals surface area contributed by atoms with E-state index in [9.17, 15) is 4.79 Å². The summed E-state index contributed by atoms with van der Waals surface area (Å²) in [7, 11) is 0. The van der Waals surface area contributed by atoms with Crippen LogP contribution >= 0.6 is 0 Å². The molecule has 0 aliphatic rings. The molecule has 0 heterocycles. The molecule has 2 N–H and O–H groups in total. The van der Waals surface area contributed by atoms with E-state index in [1.165, 1.54) is 6.92 Å². The van der Waals surface area contributed by atoms with Crippen LogP contribution in [0.25, 0.3) is 0 Å². The third-order valence-electron chi connectivity index (χ3n) is 1.18. The molecule has 0 fully saturated rings. The van der Waals surface area contributed by atoms with Crippen LogP contribution in [0.3, 0.4) is 0 Å². The Hall–Kier alpha value is -0.650. The summed E-state index contributed by atoms with van der Waals surface area (Å²) < 4.78 is 9.69. The molecule has 0 bridgehead atoms. The van der Waals surface area contributed by atoms with Gasteiger partial charge >= 0.3 is 5.97 Å². The Morgan fingerprint density at radius 3 is 2.58 bits per heavy atom. The van der Waals surface area contributed by atoms with Crippen molar-refractivity contribution in [2.75, 3.05) is 26.4 Å². The Balaban J connectivity index is 3.14. The number of aliphatic hydroxyl groups excluding tert-OH is 1. The summed E-state index contributed by atoms with van der Waals surface area (Å²) in [5, 5.41) is 16.7. The van der Waals surface area contributed by atoms with Crippen LogP contribution in [0.4, 0.5) is 0 Å². The lowest BCUT2D eigenvalue weighted by Gasteiger charge is -2.07. The zero-order valence-electron chi connectivity index (χ0n) is 7.02. The number of hydrogen-bond acceptors (Lipinski definition) is 4. The van der Waals surface area contributed by atoms with Crippen LogP contribution in [0.5, 0.6) is 0 Å². The third-order valence-corrected chi connectivity index (χ3v) is 1.18. The smallest absolute Gasteiger partial charge is 0.332 e. The number of rotatable bonds is 7. The topological polar surface area (TPSA) is 76.0 Å². The van der Waals surface area contributed by atoms with Gasteiger partial charge in [0.1, 0.15) is 0 Å². The van der Waals surface area contributed by atoms with Crippen LogP contribution in [-0.4, -0.2) is 48.7 Å². The Morgan fingerprint density at radius 2 is 2.08 bits per heavy atom. The number of carboxylic acids is 1. The molecule has 0 aromatic heterocycles. The van der Waals surface area contributed by atoms with Crippen molar-refractivity contribution in [2.45, 2.75) is 13.0 Å². The molecule has 0 amide bonds. The summed E-state index contributed by atoms with van der Waals surface area (Å²) in [5.41, 5.74) is 0. The van der Waals surface area contributed by atoms with Crippen molar-refractivity contribution in [1.29, 1.82) is 0 Å². The molecule has 1 atom stereocenters. The monoisotopic (exact) mass is 178 g/mol. The molecule has 0 unspecified atom stereocenters. The van der Waals surface area contributed by atoms with Gasteiger partial charge in [-0.15, -0.1) is 0 Å². The van der Waals surface area contributed by atoms with E-state index in [1.54, 1.807) is 0 Å². The number of hydrogen-bond donors (Lipinski definition) is 2. The van der Waals surface area contributed by atoms with Crippen LogP contribution in [-0.2, 0) is 14.3 Å². The van der Waals surface area contributed by atoms with E-state index < -0.39 is 12.1 Å². The first-order chi connectivity index (χ1) is 5.68. The SMILES string of the molecule is C[C@H](OCCOCCO)C(=O)O.